The Morgan fingerprint density at radius 3 is 2.55 bits per heavy atom. The Balaban J connectivity index is 2.17. The summed E-state index contributed by atoms with van der Waals surface area (Å²) < 4.78 is 0. The molecule has 1 aliphatic rings. The van der Waals surface area contributed by atoms with Crippen LogP contribution in [0.25, 0.3) is 0 Å². The summed E-state index contributed by atoms with van der Waals surface area (Å²) >= 11 is 0. The van der Waals surface area contributed by atoms with E-state index in [1.165, 1.54) is 0 Å². The second-order valence-electron chi connectivity index (χ2n) is 5.40. The quantitative estimate of drug-likeness (QED) is 0.656. The largest absolute Gasteiger partial charge is 0.481 e. The van der Waals surface area contributed by atoms with Crippen LogP contribution >= 0.6 is 0 Å². The molecule has 0 radical (unpaired) electrons. The number of hydrogen-bond acceptors (Lipinski definition) is 4. The Labute approximate surface area is 118 Å². The van der Waals surface area contributed by atoms with E-state index in [4.69, 9.17) is 5.11 Å². The molecule has 0 spiro atoms. The molecule has 3 amide bonds. The van der Waals surface area contributed by atoms with E-state index in [9.17, 15) is 14.4 Å². The predicted octanol–water partition coefficient (Wildman–Crippen LogP) is 0.407. The van der Waals surface area contributed by atoms with Crippen molar-refractivity contribution < 1.29 is 19.5 Å². The highest BCUT2D eigenvalue weighted by atomic mass is 16.4. The van der Waals surface area contributed by atoms with Crippen LogP contribution in [0.5, 0.6) is 0 Å². The molecule has 1 aliphatic heterocycles. The summed E-state index contributed by atoms with van der Waals surface area (Å²) in [5.41, 5.74) is 0. The molecular weight excluding hydrogens is 262 g/mol. The third-order valence-corrected chi connectivity index (χ3v) is 3.42. The van der Waals surface area contributed by atoms with Crippen molar-refractivity contribution in [1.29, 1.82) is 0 Å². The fourth-order valence-corrected chi connectivity index (χ4v) is 2.19. The maximum Gasteiger partial charge on any atom is 0.321 e. The summed E-state index contributed by atoms with van der Waals surface area (Å²) in [6, 6.07) is -0.0465. The summed E-state index contributed by atoms with van der Waals surface area (Å²) in [7, 11) is 0. The number of carboxylic acids is 1. The lowest BCUT2D eigenvalue weighted by Gasteiger charge is -2.20. The van der Waals surface area contributed by atoms with Gasteiger partial charge in [0, 0.05) is 25.6 Å². The molecule has 20 heavy (non-hydrogen) atoms. The minimum Gasteiger partial charge on any atom is -0.481 e. The maximum atomic E-state index is 11.5. The Kier molecular flexibility index (Phi) is 6.44. The first kappa shape index (κ1) is 16.4. The SMILES string of the molecule is CC(C)N1CCC(CNC(=O)NC(=O)CCC(=O)O)C1. The number of carbonyl (C=O) groups excluding carboxylic acids is 2. The van der Waals surface area contributed by atoms with E-state index < -0.39 is 17.9 Å². The zero-order valence-electron chi connectivity index (χ0n) is 12.0. The van der Waals surface area contributed by atoms with E-state index in [-0.39, 0.29) is 12.8 Å². The van der Waals surface area contributed by atoms with E-state index in [0.717, 1.165) is 19.5 Å². The second kappa shape index (κ2) is 7.84. The number of carbonyl (C=O) groups is 3. The topological polar surface area (TPSA) is 98.7 Å². The number of imide groups is 1. The molecule has 0 bridgehead atoms. The second-order valence-corrected chi connectivity index (χ2v) is 5.40. The Morgan fingerprint density at radius 2 is 2.00 bits per heavy atom. The van der Waals surface area contributed by atoms with Crippen molar-refractivity contribution in [3.63, 3.8) is 0 Å². The van der Waals surface area contributed by atoms with Gasteiger partial charge in [0.15, 0.2) is 0 Å². The highest BCUT2D eigenvalue weighted by Crippen LogP contribution is 2.17. The first-order valence-electron chi connectivity index (χ1n) is 6.92. The molecule has 0 aromatic rings. The van der Waals surface area contributed by atoms with E-state index in [1.54, 1.807) is 0 Å². The molecule has 1 atom stereocenters. The van der Waals surface area contributed by atoms with Crippen LogP contribution in [0.1, 0.15) is 33.1 Å². The van der Waals surface area contributed by atoms with Gasteiger partial charge in [0.25, 0.3) is 0 Å². The van der Waals surface area contributed by atoms with Crippen LogP contribution in [-0.4, -0.2) is 53.6 Å². The van der Waals surface area contributed by atoms with E-state index >= 15 is 0 Å². The molecule has 1 saturated heterocycles. The average molecular weight is 285 g/mol. The number of hydrogen-bond donors (Lipinski definition) is 3. The van der Waals surface area contributed by atoms with Crippen LogP contribution in [0.3, 0.4) is 0 Å². The molecule has 0 saturated carbocycles. The maximum absolute atomic E-state index is 11.5. The molecule has 0 aromatic carbocycles. The van der Waals surface area contributed by atoms with Crippen LogP contribution in [0, 0.1) is 5.92 Å². The smallest absolute Gasteiger partial charge is 0.321 e. The monoisotopic (exact) mass is 285 g/mol. The van der Waals surface area contributed by atoms with E-state index in [0.29, 0.717) is 18.5 Å². The first-order valence-corrected chi connectivity index (χ1v) is 6.92. The van der Waals surface area contributed by atoms with Gasteiger partial charge in [0.2, 0.25) is 5.91 Å². The average Bonchev–Trinajstić information content (AvgIpc) is 2.83. The number of amides is 3. The van der Waals surface area contributed by atoms with Gasteiger partial charge in [-0.05, 0) is 32.7 Å². The molecule has 0 aromatic heterocycles. The van der Waals surface area contributed by atoms with Crippen molar-refractivity contribution in [3.05, 3.63) is 0 Å². The number of nitrogens with one attached hydrogen (secondary N) is 2. The van der Waals surface area contributed by atoms with Crippen LogP contribution in [0.4, 0.5) is 4.79 Å². The van der Waals surface area contributed by atoms with Gasteiger partial charge in [-0.25, -0.2) is 4.79 Å². The van der Waals surface area contributed by atoms with Gasteiger partial charge in [0.1, 0.15) is 0 Å². The number of carboxylic acid groups (broad SMARTS) is 1. The molecule has 0 aliphatic carbocycles. The molecule has 7 nitrogen and oxygen atoms in total. The number of rotatable bonds is 6. The van der Waals surface area contributed by atoms with Crippen molar-refractivity contribution >= 4 is 17.9 Å². The Morgan fingerprint density at radius 1 is 1.30 bits per heavy atom. The first-order chi connectivity index (χ1) is 9.38. The number of urea groups is 1. The third-order valence-electron chi connectivity index (χ3n) is 3.42. The van der Waals surface area contributed by atoms with E-state index in [1.807, 2.05) is 0 Å². The molecular formula is C13H23N3O4. The number of aliphatic carboxylic acids is 1. The minimum absolute atomic E-state index is 0.187. The third kappa shape index (κ3) is 6.01. The van der Waals surface area contributed by atoms with Crippen LogP contribution in [0.15, 0.2) is 0 Å². The van der Waals surface area contributed by atoms with Crippen LogP contribution in [-0.2, 0) is 9.59 Å². The highest BCUT2D eigenvalue weighted by Gasteiger charge is 2.24. The summed E-state index contributed by atoms with van der Waals surface area (Å²) in [5, 5.41) is 13.2. The summed E-state index contributed by atoms with van der Waals surface area (Å²) in [5.74, 6) is -1.22. The molecule has 1 fully saturated rings. The Hall–Kier alpha value is -1.63. The summed E-state index contributed by atoms with van der Waals surface area (Å²) in [6.07, 6.45) is 0.573. The fourth-order valence-electron chi connectivity index (χ4n) is 2.19. The zero-order chi connectivity index (χ0) is 15.1. The lowest BCUT2D eigenvalue weighted by Crippen LogP contribution is -2.42. The molecule has 1 heterocycles. The van der Waals surface area contributed by atoms with E-state index in [2.05, 4.69) is 29.4 Å². The molecule has 7 heteroatoms. The predicted molar refractivity (Wildman–Crippen MR) is 73.2 cm³/mol. The van der Waals surface area contributed by atoms with Gasteiger partial charge >= 0.3 is 12.0 Å². The molecule has 1 rings (SSSR count). The lowest BCUT2D eigenvalue weighted by molar-refractivity contribution is -0.138. The zero-order valence-corrected chi connectivity index (χ0v) is 12.0. The molecule has 1 unspecified atom stereocenters. The van der Waals surface area contributed by atoms with Crippen LogP contribution in [0.2, 0.25) is 0 Å². The lowest BCUT2D eigenvalue weighted by atomic mass is 10.1. The van der Waals surface area contributed by atoms with Crippen LogP contribution < -0.4 is 10.6 Å². The number of likely N-dealkylation sites (tertiary alicyclic amines) is 1. The summed E-state index contributed by atoms with van der Waals surface area (Å²) in [4.78, 5) is 35.4. The number of nitrogens with zero attached hydrogens (tertiary/aromatic N) is 1. The van der Waals surface area contributed by atoms with Crippen molar-refractivity contribution in [2.24, 2.45) is 5.92 Å². The van der Waals surface area contributed by atoms with Gasteiger partial charge < -0.3 is 15.3 Å². The van der Waals surface area contributed by atoms with Crippen molar-refractivity contribution in [2.75, 3.05) is 19.6 Å². The van der Waals surface area contributed by atoms with Gasteiger partial charge in [-0.3, -0.25) is 14.9 Å². The standard InChI is InChI=1S/C13H23N3O4/c1-9(2)16-6-5-10(8-16)7-14-13(20)15-11(17)3-4-12(18)19/h9-10H,3-8H2,1-2H3,(H,18,19)(H2,14,15,17,20). The Bertz CT molecular complexity index is 371. The minimum atomic E-state index is -1.06. The van der Waals surface area contributed by atoms with Crippen molar-refractivity contribution in [2.45, 2.75) is 39.2 Å². The highest BCUT2D eigenvalue weighted by molar-refractivity contribution is 5.95. The normalized spacial score (nSPS) is 19.1. The van der Waals surface area contributed by atoms with Gasteiger partial charge in [0.05, 0.1) is 6.42 Å². The van der Waals surface area contributed by atoms with Crippen molar-refractivity contribution in [3.8, 4) is 0 Å². The van der Waals surface area contributed by atoms with Gasteiger partial charge in [-0.1, -0.05) is 0 Å². The van der Waals surface area contributed by atoms with Crippen molar-refractivity contribution in [1.82, 2.24) is 15.5 Å². The molecule has 3 N–H and O–H groups in total. The summed E-state index contributed by atoms with van der Waals surface area (Å²) in [6.45, 7) is 6.79. The van der Waals surface area contributed by atoms with Gasteiger partial charge in [-0.2, -0.15) is 0 Å². The molecule has 114 valence electrons. The van der Waals surface area contributed by atoms with Gasteiger partial charge in [-0.15, -0.1) is 0 Å². The fraction of sp³-hybridized carbons (Fsp3) is 0.769.